The lowest BCUT2D eigenvalue weighted by Gasteiger charge is -2.19. The SMILES string of the molecule is CSC(C)C(=O)NC(CC(=O)O)c1ccc(F)cc1. The van der Waals surface area contributed by atoms with Crippen molar-refractivity contribution < 1.29 is 19.1 Å². The normalized spacial score (nSPS) is 13.6. The van der Waals surface area contributed by atoms with Gasteiger partial charge in [0.1, 0.15) is 5.82 Å². The second-order valence-corrected chi connectivity index (χ2v) is 5.27. The van der Waals surface area contributed by atoms with Gasteiger partial charge < -0.3 is 10.4 Å². The average Bonchev–Trinajstić information content (AvgIpc) is 2.37. The van der Waals surface area contributed by atoms with Crippen LogP contribution in [0.3, 0.4) is 0 Å². The zero-order valence-corrected chi connectivity index (χ0v) is 11.5. The summed E-state index contributed by atoms with van der Waals surface area (Å²) in [6.07, 6.45) is 1.56. The molecule has 19 heavy (non-hydrogen) atoms. The van der Waals surface area contributed by atoms with E-state index in [0.717, 1.165) is 0 Å². The van der Waals surface area contributed by atoms with Gasteiger partial charge in [0.2, 0.25) is 5.91 Å². The smallest absolute Gasteiger partial charge is 0.305 e. The van der Waals surface area contributed by atoms with E-state index < -0.39 is 17.8 Å². The zero-order valence-electron chi connectivity index (χ0n) is 10.7. The van der Waals surface area contributed by atoms with E-state index in [1.54, 1.807) is 13.2 Å². The molecule has 2 N–H and O–H groups in total. The molecule has 104 valence electrons. The van der Waals surface area contributed by atoms with Crippen molar-refractivity contribution in [1.29, 1.82) is 0 Å². The second-order valence-electron chi connectivity index (χ2n) is 4.09. The Balaban J connectivity index is 2.85. The first-order chi connectivity index (χ1) is 8.93. The third kappa shape index (κ3) is 4.90. The molecule has 0 radical (unpaired) electrons. The molecule has 6 heteroatoms. The molecule has 2 unspecified atom stereocenters. The molecule has 4 nitrogen and oxygen atoms in total. The Labute approximate surface area is 115 Å². The van der Waals surface area contributed by atoms with Crippen molar-refractivity contribution >= 4 is 23.6 Å². The highest BCUT2D eigenvalue weighted by molar-refractivity contribution is 7.99. The highest BCUT2D eigenvalue weighted by atomic mass is 32.2. The van der Waals surface area contributed by atoms with E-state index in [1.807, 2.05) is 0 Å². The predicted octanol–water partition coefficient (Wildman–Crippen LogP) is 2.21. The molecular formula is C13H16FNO3S. The maximum Gasteiger partial charge on any atom is 0.305 e. The van der Waals surface area contributed by atoms with E-state index in [9.17, 15) is 14.0 Å². The lowest BCUT2D eigenvalue weighted by atomic mass is 10.0. The van der Waals surface area contributed by atoms with E-state index in [2.05, 4.69) is 5.32 Å². The molecule has 0 spiro atoms. The first-order valence-electron chi connectivity index (χ1n) is 5.74. The highest BCUT2D eigenvalue weighted by Crippen LogP contribution is 2.18. The van der Waals surface area contributed by atoms with Crippen LogP contribution in [0.15, 0.2) is 24.3 Å². The first kappa shape index (κ1) is 15.5. The van der Waals surface area contributed by atoms with Gasteiger partial charge >= 0.3 is 5.97 Å². The lowest BCUT2D eigenvalue weighted by Crippen LogP contribution is -2.35. The van der Waals surface area contributed by atoms with E-state index in [-0.39, 0.29) is 17.6 Å². The van der Waals surface area contributed by atoms with Gasteiger partial charge in [-0.3, -0.25) is 9.59 Å². The Kier molecular flexibility index (Phi) is 5.82. The third-order valence-corrected chi connectivity index (χ3v) is 3.61. The number of carbonyl (C=O) groups excluding carboxylic acids is 1. The number of hydrogen-bond acceptors (Lipinski definition) is 3. The van der Waals surface area contributed by atoms with Crippen molar-refractivity contribution in [3.63, 3.8) is 0 Å². The van der Waals surface area contributed by atoms with Crippen LogP contribution in [0.2, 0.25) is 0 Å². The summed E-state index contributed by atoms with van der Waals surface area (Å²) in [5.41, 5.74) is 0.574. The standard InChI is InChI=1S/C13H16FNO3S/c1-8(19-2)13(18)15-11(7-12(16)17)9-3-5-10(14)6-4-9/h3-6,8,11H,7H2,1-2H3,(H,15,18)(H,16,17). The number of hydrogen-bond donors (Lipinski definition) is 2. The topological polar surface area (TPSA) is 66.4 Å². The van der Waals surface area contributed by atoms with Crippen LogP contribution in [-0.2, 0) is 9.59 Å². The summed E-state index contributed by atoms with van der Waals surface area (Å²) in [5, 5.41) is 11.3. The van der Waals surface area contributed by atoms with Crippen molar-refractivity contribution in [3.05, 3.63) is 35.6 Å². The Morgan fingerprint density at radius 2 is 1.95 bits per heavy atom. The van der Waals surface area contributed by atoms with E-state index in [4.69, 9.17) is 5.11 Å². The van der Waals surface area contributed by atoms with E-state index >= 15 is 0 Å². The number of carbonyl (C=O) groups is 2. The maximum absolute atomic E-state index is 12.9. The fourth-order valence-electron chi connectivity index (χ4n) is 1.52. The molecule has 0 aromatic heterocycles. The van der Waals surface area contributed by atoms with Crippen LogP contribution in [0.25, 0.3) is 0 Å². The van der Waals surface area contributed by atoms with Gasteiger partial charge in [-0.25, -0.2) is 4.39 Å². The Morgan fingerprint density at radius 3 is 2.42 bits per heavy atom. The van der Waals surface area contributed by atoms with Gasteiger partial charge in [0.05, 0.1) is 17.7 Å². The summed E-state index contributed by atoms with van der Waals surface area (Å²) in [7, 11) is 0. The molecule has 1 rings (SSSR count). The minimum absolute atomic E-state index is 0.233. The van der Waals surface area contributed by atoms with Crippen molar-refractivity contribution in [2.45, 2.75) is 24.6 Å². The molecular weight excluding hydrogens is 269 g/mol. The van der Waals surface area contributed by atoms with Gasteiger partial charge in [-0.1, -0.05) is 12.1 Å². The lowest BCUT2D eigenvalue weighted by molar-refractivity contribution is -0.137. The summed E-state index contributed by atoms with van der Waals surface area (Å²) < 4.78 is 12.9. The third-order valence-electron chi connectivity index (χ3n) is 2.69. The van der Waals surface area contributed by atoms with Gasteiger partial charge in [0.25, 0.3) is 0 Å². The molecule has 0 bridgehead atoms. The number of benzene rings is 1. The second kappa shape index (κ2) is 7.13. The largest absolute Gasteiger partial charge is 0.481 e. The molecule has 0 aliphatic heterocycles. The molecule has 1 aromatic carbocycles. The van der Waals surface area contributed by atoms with Gasteiger partial charge in [-0.2, -0.15) is 11.8 Å². The van der Waals surface area contributed by atoms with Crippen LogP contribution in [0.1, 0.15) is 24.9 Å². The highest BCUT2D eigenvalue weighted by Gasteiger charge is 2.20. The average molecular weight is 285 g/mol. The maximum atomic E-state index is 12.9. The van der Waals surface area contributed by atoms with Crippen molar-refractivity contribution in [3.8, 4) is 0 Å². The van der Waals surface area contributed by atoms with Gasteiger partial charge in [-0.15, -0.1) is 0 Å². The zero-order chi connectivity index (χ0) is 14.4. The molecule has 0 fully saturated rings. The van der Waals surface area contributed by atoms with E-state index in [1.165, 1.54) is 36.0 Å². The summed E-state index contributed by atoms with van der Waals surface area (Å²) in [5.74, 6) is -1.66. The Bertz CT molecular complexity index is 450. The minimum Gasteiger partial charge on any atom is -0.481 e. The number of carboxylic acid groups (broad SMARTS) is 1. The van der Waals surface area contributed by atoms with Crippen LogP contribution in [0, 0.1) is 5.82 Å². The molecule has 1 amide bonds. The van der Waals surface area contributed by atoms with Gasteiger partial charge in [0, 0.05) is 0 Å². The fourth-order valence-corrected chi connectivity index (χ4v) is 1.80. The molecule has 0 aliphatic carbocycles. The number of halogens is 1. The molecule has 2 atom stereocenters. The predicted molar refractivity (Wildman–Crippen MR) is 72.5 cm³/mol. The number of rotatable bonds is 6. The van der Waals surface area contributed by atoms with Crippen molar-refractivity contribution in [2.75, 3.05) is 6.26 Å². The number of nitrogens with one attached hydrogen (secondary N) is 1. The summed E-state index contributed by atoms with van der Waals surface area (Å²) in [6.45, 7) is 1.74. The molecule has 0 aliphatic rings. The van der Waals surface area contributed by atoms with Gasteiger partial charge in [0.15, 0.2) is 0 Å². The van der Waals surface area contributed by atoms with Crippen LogP contribution in [0.4, 0.5) is 4.39 Å². The van der Waals surface area contributed by atoms with Crippen LogP contribution < -0.4 is 5.32 Å². The summed E-state index contributed by atoms with van der Waals surface area (Å²) >= 11 is 1.37. The van der Waals surface area contributed by atoms with Gasteiger partial charge in [-0.05, 0) is 30.9 Å². The molecule has 1 aromatic rings. The fraction of sp³-hybridized carbons (Fsp3) is 0.385. The Morgan fingerprint density at radius 1 is 1.37 bits per heavy atom. The van der Waals surface area contributed by atoms with Crippen molar-refractivity contribution in [2.24, 2.45) is 0 Å². The number of thioether (sulfide) groups is 1. The summed E-state index contributed by atoms with van der Waals surface area (Å²) in [4.78, 5) is 22.6. The quantitative estimate of drug-likeness (QED) is 0.841. The molecule has 0 heterocycles. The first-order valence-corrected chi connectivity index (χ1v) is 7.03. The van der Waals surface area contributed by atoms with E-state index in [0.29, 0.717) is 5.56 Å². The van der Waals surface area contributed by atoms with Crippen LogP contribution >= 0.6 is 11.8 Å². The summed E-state index contributed by atoms with van der Waals surface area (Å²) in [6, 6.07) is 4.79. The number of carboxylic acids is 1. The number of aliphatic carboxylic acids is 1. The monoisotopic (exact) mass is 285 g/mol. The Hall–Kier alpha value is -1.56. The van der Waals surface area contributed by atoms with Crippen LogP contribution in [0.5, 0.6) is 0 Å². The van der Waals surface area contributed by atoms with Crippen LogP contribution in [-0.4, -0.2) is 28.5 Å². The molecule has 0 saturated heterocycles. The number of amides is 1. The van der Waals surface area contributed by atoms with Crippen molar-refractivity contribution in [1.82, 2.24) is 5.32 Å². The molecule has 0 saturated carbocycles. The minimum atomic E-state index is -1.02.